The normalized spacial score (nSPS) is 14.6. The van der Waals surface area contributed by atoms with Crippen LogP contribution < -0.4 is 5.56 Å². The van der Waals surface area contributed by atoms with Crippen LogP contribution in [0.15, 0.2) is 40.3 Å². The fraction of sp³-hybridized carbons (Fsp3) is 0.350. The van der Waals surface area contributed by atoms with Crippen LogP contribution in [0.3, 0.4) is 0 Å². The monoisotopic (exact) mass is 398 g/mol. The molecule has 0 unspecified atom stereocenters. The summed E-state index contributed by atoms with van der Waals surface area (Å²) in [7, 11) is 0. The minimum absolute atomic E-state index is 0.0309. The third-order valence-electron chi connectivity index (χ3n) is 4.74. The number of nitrogens with one attached hydrogen (secondary N) is 1. The van der Waals surface area contributed by atoms with Gasteiger partial charge in [0.25, 0.3) is 5.56 Å². The zero-order chi connectivity index (χ0) is 19.7. The number of fused-ring (bicyclic) bond motifs is 1. The molecule has 0 aliphatic carbocycles. The fourth-order valence-electron chi connectivity index (χ4n) is 3.23. The van der Waals surface area contributed by atoms with Crippen molar-refractivity contribution < 1.29 is 9.53 Å². The van der Waals surface area contributed by atoms with Crippen molar-refractivity contribution in [1.82, 2.24) is 19.4 Å². The van der Waals surface area contributed by atoms with Crippen molar-refractivity contribution in [2.45, 2.75) is 19.0 Å². The summed E-state index contributed by atoms with van der Waals surface area (Å²) in [4.78, 5) is 35.3. The number of aromatic nitrogens is 3. The fourth-order valence-corrected chi connectivity index (χ4v) is 4.14. The summed E-state index contributed by atoms with van der Waals surface area (Å²) in [6.45, 7) is 6.24. The molecule has 3 heterocycles. The molecule has 0 atom stereocenters. The Morgan fingerprint density at radius 2 is 1.93 bits per heavy atom. The SMILES string of the molecule is Cc1ccc(-n2c(SCC(=O)N3CCOCC3)nc3cc(C)[nH]c3c2=O)cc1. The molecule has 0 bridgehead atoms. The lowest BCUT2D eigenvalue weighted by Crippen LogP contribution is -2.41. The molecule has 4 rings (SSSR count). The topological polar surface area (TPSA) is 80.2 Å². The molecule has 0 saturated carbocycles. The summed E-state index contributed by atoms with van der Waals surface area (Å²) in [5, 5.41) is 0.516. The number of benzene rings is 1. The molecule has 0 spiro atoms. The average Bonchev–Trinajstić information content (AvgIpc) is 3.08. The molecule has 2 aromatic heterocycles. The predicted molar refractivity (Wildman–Crippen MR) is 109 cm³/mol. The Morgan fingerprint density at radius 1 is 1.21 bits per heavy atom. The smallest absolute Gasteiger partial charge is 0.283 e. The van der Waals surface area contributed by atoms with Gasteiger partial charge in [-0.1, -0.05) is 29.5 Å². The zero-order valence-electron chi connectivity index (χ0n) is 15.9. The van der Waals surface area contributed by atoms with Gasteiger partial charge in [0.15, 0.2) is 5.16 Å². The Labute approximate surface area is 166 Å². The Bertz CT molecular complexity index is 1070. The number of hydrogen-bond donors (Lipinski definition) is 1. The van der Waals surface area contributed by atoms with Gasteiger partial charge in [0.1, 0.15) is 5.52 Å². The maximum Gasteiger partial charge on any atom is 0.283 e. The minimum Gasteiger partial charge on any atom is -0.378 e. The molecule has 1 fully saturated rings. The van der Waals surface area contributed by atoms with Gasteiger partial charge in [0.2, 0.25) is 5.91 Å². The van der Waals surface area contributed by atoms with Crippen molar-refractivity contribution in [2.75, 3.05) is 32.1 Å². The Balaban J connectivity index is 1.71. The minimum atomic E-state index is -0.164. The van der Waals surface area contributed by atoms with E-state index in [0.29, 0.717) is 42.5 Å². The lowest BCUT2D eigenvalue weighted by Gasteiger charge is -2.26. The molecule has 1 saturated heterocycles. The molecular formula is C20H22N4O3S. The van der Waals surface area contributed by atoms with Crippen LogP contribution in [0.4, 0.5) is 0 Å². The van der Waals surface area contributed by atoms with Gasteiger partial charge in [-0.2, -0.15) is 0 Å². The van der Waals surface area contributed by atoms with E-state index in [0.717, 1.165) is 16.9 Å². The highest BCUT2D eigenvalue weighted by molar-refractivity contribution is 7.99. The maximum absolute atomic E-state index is 13.2. The maximum atomic E-state index is 13.2. The number of carbonyl (C=O) groups is 1. The summed E-state index contributed by atoms with van der Waals surface area (Å²) < 4.78 is 6.88. The second-order valence-electron chi connectivity index (χ2n) is 6.86. The van der Waals surface area contributed by atoms with Crippen LogP contribution in [-0.2, 0) is 9.53 Å². The number of morpholine rings is 1. The second-order valence-corrected chi connectivity index (χ2v) is 7.81. The van der Waals surface area contributed by atoms with Gasteiger partial charge in [-0.3, -0.25) is 14.2 Å². The Morgan fingerprint density at radius 3 is 2.64 bits per heavy atom. The Kier molecular flexibility index (Phi) is 5.23. The van der Waals surface area contributed by atoms with Crippen LogP contribution in [0.25, 0.3) is 16.7 Å². The third kappa shape index (κ3) is 3.70. The van der Waals surface area contributed by atoms with Crippen LogP contribution in [0.1, 0.15) is 11.3 Å². The number of H-pyrrole nitrogens is 1. The molecule has 1 aliphatic heterocycles. The summed E-state index contributed by atoms with van der Waals surface area (Å²) in [6, 6.07) is 9.56. The number of nitrogens with zero attached hydrogens (tertiary/aromatic N) is 3. The van der Waals surface area contributed by atoms with Crippen LogP contribution in [0, 0.1) is 13.8 Å². The molecule has 1 amide bonds. The van der Waals surface area contributed by atoms with Crippen molar-refractivity contribution in [3.05, 3.63) is 51.9 Å². The molecule has 0 radical (unpaired) electrons. The number of rotatable bonds is 4. The molecule has 146 valence electrons. The van der Waals surface area contributed by atoms with Crippen molar-refractivity contribution in [2.24, 2.45) is 0 Å². The van der Waals surface area contributed by atoms with Crippen LogP contribution in [-0.4, -0.2) is 57.4 Å². The number of carbonyl (C=O) groups excluding carboxylic acids is 1. The lowest BCUT2D eigenvalue weighted by atomic mass is 10.2. The summed E-state index contributed by atoms with van der Waals surface area (Å²) in [6.07, 6.45) is 0. The number of thioether (sulfide) groups is 1. The van der Waals surface area contributed by atoms with E-state index in [4.69, 9.17) is 4.74 Å². The van der Waals surface area contributed by atoms with Gasteiger partial charge in [0.05, 0.1) is 30.2 Å². The van der Waals surface area contributed by atoms with Gasteiger partial charge in [-0.25, -0.2) is 4.98 Å². The van der Waals surface area contributed by atoms with E-state index < -0.39 is 0 Å². The first kappa shape index (κ1) is 18.8. The number of ether oxygens (including phenoxy) is 1. The Hall–Kier alpha value is -2.58. The lowest BCUT2D eigenvalue weighted by molar-refractivity contribution is -0.132. The largest absolute Gasteiger partial charge is 0.378 e. The van der Waals surface area contributed by atoms with Crippen molar-refractivity contribution in [1.29, 1.82) is 0 Å². The number of aromatic amines is 1. The molecule has 8 heteroatoms. The van der Waals surface area contributed by atoms with E-state index >= 15 is 0 Å². The van der Waals surface area contributed by atoms with E-state index in [9.17, 15) is 9.59 Å². The van der Waals surface area contributed by atoms with Crippen molar-refractivity contribution in [3.63, 3.8) is 0 Å². The summed E-state index contributed by atoms with van der Waals surface area (Å²) >= 11 is 1.29. The van der Waals surface area contributed by atoms with Gasteiger partial charge >= 0.3 is 0 Å². The molecule has 1 N–H and O–H groups in total. The quantitative estimate of drug-likeness (QED) is 0.539. The molecule has 1 aliphatic rings. The van der Waals surface area contributed by atoms with Crippen LogP contribution >= 0.6 is 11.8 Å². The van der Waals surface area contributed by atoms with E-state index in [1.54, 1.807) is 9.47 Å². The van der Waals surface area contributed by atoms with E-state index in [2.05, 4.69) is 9.97 Å². The molecule has 3 aromatic rings. The highest BCUT2D eigenvalue weighted by atomic mass is 32.2. The highest BCUT2D eigenvalue weighted by Gasteiger charge is 2.20. The van der Waals surface area contributed by atoms with Crippen LogP contribution in [0.2, 0.25) is 0 Å². The van der Waals surface area contributed by atoms with Crippen molar-refractivity contribution in [3.8, 4) is 5.69 Å². The standard InChI is InChI=1S/C20H22N4O3S/c1-13-3-5-15(6-4-13)24-19(26)18-16(11-14(2)21-18)22-20(24)28-12-17(25)23-7-9-27-10-8-23/h3-6,11,21H,7-10,12H2,1-2H3. The predicted octanol–water partition coefficient (Wildman–Crippen LogP) is 2.28. The summed E-state index contributed by atoms with van der Waals surface area (Å²) in [5.74, 6) is 0.260. The van der Waals surface area contributed by atoms with Gasteiger partial charge < -0.3 is 14.6 Å². The van der Waals surface area contributed by atoms with E-state index in [1.807, 2.05) is 44.2 Å². The van der Waals surface area contributed by atoms with Gasteiger partial charge in [0, 0.05) is 18.8 Å². The highest BCUT2D eigenvalue weighted by Crippen LogP contribution is 2.22. The zero-order valence-corrected chi connectivity index (χ0v) is 16.7. The second kappa shape index (κ2) is 7.81. The number of amides is 1. The first-order chi connectivity index (χ1) is 13.5. The third-order valence-corrected chi connectivity index (χ3v) is 5.66. The van der Waals surface area contributed by atoms with Crippen molar-refractivity contribution >= 4 is 28.7 Å². The van der Waals surface area contributed by atoms with E-state index in [1.165, 1.54) is 11.8 Å². The molecule has 7 nitrogen and oxygen atoms in total. The molecule has 28 heavy (non-hydrogen) atoms. The van der Waals surface area contributed by atoms with Gasteiger partial charge in [-0.15, -0.1) is 0 Å². The first-order valence-corrected chi connectivity index (χ1v) is 10.2. The molecular weight excluding hydrogens is 376 g/mol. The first-order valence-electron chi connectivity index (χ1n) is 9.20. The molecule has 1 aromatic carbocycles. The number of hydrogen-bond acceptors (Lipinski definition) is 5. The average molecular weight is 398 g/mol. The number of aryl methyl sites for hydroxylation is 2. The van der Waals surface area contributed by atoms with Gasteiger partial charge in [-0.05, 0) is 32.0 Å². The van der Waals surface area contributed by atoms with E-state index in [-0.39, 0.29) is 17.2 Å². The van der Waals surface area contributed by atoms with Crippen LogP contribution in [0.5, 0.6) is 0 Å². The summed E-state index contributed by atoms with van der Waals surface area (Å²) in [5.41, 5.74) is 3.65.